The first-order chi connectivity index (χ1) is 5.45. The van der Waals surface area contributed by atoms with E-state index < -0.39 is 0 Å². The summed E-state index contributed by atoms with van der Waals surface area (Å²) in [6.45, 7) is 0. The molecule has 0 aromatic heterocycles. The van der Waals surface area contributed by atoms with Gasteiger partial charge >= 0.3 is 0 Å². The van der Waals surface area contributed by atoms with Crippen molar-refractivity contribution in [2.75, 3.05) is 11.8 Å². The molecule has 82 valence electrons. The van der Waals surface area contributed by atoms with Crippen LogP contribution in [0, 0.1) is 0 Å². The van der Waals surface area contributed by atoms with Gasteiger partial charge in [-0.2, -0.15) is 0 Å². The molecule has 0 bridgehead atoms. The molecule has 7 heteroatoms. The van der Waals surface area contributed by atoms with Crippen LogP contribution in [0.25, 0.3) is 0 Å². The largest absolute Gasteiger partial charge is 0.136 e. The number of hydrogen-bond acceptors (Lipinski definition) is 0. The average Bonchev–Trinajstić information content (AvgIpc) is 2.04. The molecule has 0 amide bonds. The molecule has 0 heterocycles. The molecule has 0 aromatic rings. The molecule has 0 aliphatic carbocycles. The molecule has 0 aliphatic heterocycles. The van der Waals surface area contributed by atoms with Crippen LogP contribution >= 0.6 is 81.2 Å². The van der Waals surface area contributed by atoms with Gasteiger partial charge in [0.15, 0.2) is 0 Å². The van der Waals surface area contributed by atoms with Crippen molar-refractivity contribution in [3.63, 3.8) is 0 Å². The second-order valence-electron chi connectivity index (χ2n) is 1.43. The lowest BCUT2D eigenvalue weighted by Gasteiger charge is -1.92. The van der Waals surface area contributed by atoms with Crippen LogP contribution in [-0.2, 0) is 0 Å². The molecule has 0 saturated heterocycles. The highest BCUT2D eigenvalue weighted by Crippen LogP contribution is 2.20. The van der Waals surface area contributed by atoms with Crippen LogP contribution in [-0.4, -0.2) is 17.1 Å². The predicted molar refractivity (Wildman–Crippen MR) is 68.3 cm³/mol. The fourth-order valence-corrected chi connectivity index (χ4v) is 0.371. The Morgan fingerprint density at radius 1 is 0.846 bits per heavy atom. The van der Waals surface area contributed by atoms with Crippen LogP contribution < -0.4 is 0 Å². The van der Waals surface area contributed by atoms with E-state index in [9.17, 15) is 0 Å². The van der Waals surface area contributed by atoms with Crippen LogP contribution in [0.2, 0.25) is 0 Å². The zero-order valence-corrected chi connectivity index (χ0v) is 10.9. The van der Waals surface area contributed by atoms with Gasteiger partial charge in [-0.25, -0.2) is 0 Å². The number of halogens is 7. The Labute approximate surface area is 114 Å². The Balaban J connectivity index is -0.000000143. The van der Waals surface area contributed by atoms with Gasteiger partial charge in [0, 0.05) is 11.8 Å². The molecule has 0 rings (SSSR count). The van der Waals surface area contributed by atoms with Gasteiger partial charge in [-0.05, 0) is 0 Å². The van der Waals surface area contributed by atoms with Crippen molar-refractivity contribution in [3.8, 4) is 0 Å². The first-order valence-electron chi connectivity index (χ1n) is 2.58. The highest BCUT2D eigenvalue weighted by molar-refractivity contribution is 6.67. The Morgan fingerprint density at radius 2 is 1.08 bits per heavy atom. The van der Waals surface area contributed by atoms with Gasteiger partial charge in [0.25, 0.3) is 0 Å². The smallest absolute Gasteiger partial charge is 0.125 e. The number of alkyl halides is 3. The fraction of sp³-hybridized carbons (Fsp3) is 0.667. The number of hydrogen-bond donors (Lipinski definition) is 0. The first-order valence-corrected chi connectivity index (χ1v) is 5.59. The molecule has 0 fully saturated rings. The quantitative estimate of drug-likeness (QED) is 0.564. The van der Waals surface area contributed by atoms with Crippen molar-refractivity contribution in [3.05, 3.63) is 8.98 Å². The fourth-order valence-electron chi connectivity index (χ4n) is 0.0412. The van der Waals surface area contributed by atoms with E-state index in [0.717, 1.165) is 0 Å². The van der Waals surface area contributed by atoms with E-state index in [4.69, 9.17) is 81.2 Å². The van der Waals surface area contributed by atoms with Gasteiger partial charge < -0.3 is 0 Å². The van der Waals surface area contributed by atoms with E-state index in [2.05, 4.69) is 0 Å². The van der Waals surface area contributed by atoms with Gasteiger partial charge in [0.2, 0.25) is 0 Å². The summed E-state index contributed by atoms with van der Waals surface area (Å²) < 4.78 is -0.198. The Hall–Kier alpha value is 1.77. The Kier molecular flexibility index (Phi) is 21.4. The van der Waals surface area contributed by atoms with E-state index in [1.807, 2.05) is 0 Å². The van der Waals surface area contributed by atoms with Crippen molar-refractivity contribution < 1.29 is 0 Å². The van der Waals surface area contributed by atoms with Crippen LogP contribution in [0.4, 0.5) is 0 Å². The summed E-state index contributed by atoms with van der Waals surface area (Å²) in [5, 5.41) is -0.0617. The monoisotopic (exact) mass is 326 g/mol. The maximum Gasteiger partial charge on any atom is 0.136 e. The third kappa shape index (κ3) is 20.0. The van der Waals surface area contributed by atoms with E-state index >= 15 is 0 Å². The summed E-state index contributed by atoms with van der Waals surface area (Å²) in [5.74, 6) is 0.871. The van der Waals surface area contributed by atoms with Gasteiger partial charge in [0.05, 0.1) is 5.38 Å². The zero-order chi connectivity index (χ0) is 10.1. The molecular formula is C6H9Cl7. The molecular weight excluding hydrogens is 320 g/mol. The normalized spacial score (nSPS) is 8.31. The minimum absolute atomic E-state index is 0. The molecule has 0 saturated carbocycles. The second-order valence-corrected chi connectivity index (χ2v) is 4.56. The topological polar surface area (TPSA) is 0 Å². The van der Waals surface area contributed by atoms with Crippen LogP contribution in [0.3, 0.4) is 0 Å². The van der Waals surface area contributed by atoms with Crippen molar-refractivity contribution >= 4 is 81.2 Å². The molecule has 0 unspecified atom stereocenters. The molecule has 0 aliphatic rings. The first kappa shape index (κ1) is 20.2. The minimum Gasteiger partial charge on any atom is -0.125 e. The standard InChI is InChI=1S/C3H5Cl3.C2Cl4.CH4/c4-1-3(6)2-5;3-1(4)2(5)6;/h3H,1-2H2;;1H4. The Morgan fingerprint density at radius 3 is 1.08 bits per heavy atom. The maximum atomic E-state index is 5.39. The van der Waals surface area contributed by atoms with E-state index in [1.165, 1.54) is 0 Å². The van der Waals surface area contributed by atoms with Gasteiger partial charge in [0.1, 0.15) is 8.98 Å². The van der Waals surface area contributed by atoms with Gasteiger partial charge in [-0.1, -0.05) is 53.8 Å². The van der Waals surface area contributed by atoms with Crippen molar-refractivity contribution in [2.24, 2.45) is 0 Å². The zero-order valence-electron chi connectivity index (χ0n) is 5.64. The van der Waals surface area contributed by atoms with E-state index in [0.29, 0.717) is 11.8 Å². The molecule has 13 heavy (non-hydrogen) atoms. The van der Waals surface area contributed by atoms with Crippen molar-refractivity contribution in [2.45, 2.75) is 12.8 Å². The summed E-state index contributed by atoms with van der Waals surface area (Å²) in [4.78, 5) is 0. The van der Waals surface area contributed by atoms with E-state index in [1.54, 1.807) is 0 Å². The van der Waals surface area contributed by atoms with Crippen LogP contribution in [0.15, 0.2) is 8.98 Å². The van der Waals surface area contributed by atoms with Gasteiger partial charge in [-0.15, -0.1) is 34.8 Å². The summed E-state index contributed by atoms with van der Waals surface area (Å²) >= 11 is 35.8. The maximum absolute atomic E-state index is 5.39. The lowest BCUT2D eigenvalue weighted by atomic mass is 10.6. The third-order valence-corrected chi connectivity index (χ3v) is 2.99. The molecule has 0 spiro atoms. The van der Waals surface area contributed by atoms with Crippen molar-refractivity contribution in [1.82, 2.24) is 0 Å². The average molecular weight is 329 g/mol. The SMILES string of the molecule is C.ClC(Cl)=C(Cl)Cl.ClCC(Cl)CCl. The van der Waals surface area contributed by atoms with Crippen LogP contribution in [0.1, 0.15) is 7.43 Å². The molecule has 0 nitrogen and oxygen atoms in total. The van der Waals surface area contributed by atoms with E-state index in [-0.39, 0.29) is 21.8 Å². The molecule has 0 N–H and O–H groups in total. The summed E-state index contributed by atoms with van der Waals surface area (Å²) in [5.41, 5.74) is 0. The number of rotatable bonds is 2. The lowest BCUT2D eigenvalue weighted by molar-refractivity contribution is 1.12. The molecule has 0 radical (unpaired) electrons. The van der Waals surface area contributed by atoms with Gasteiger partial charge in [-0.3, -0.25) is 0 Å². The summed E-state index contributed by atoms with van der Waals surface area (Å²) in [7, 11) is 0. The molecule has 0 aromatic carbocycles. The van der Waals surface area contributed by atoms with Crippen LogP contribution in [0.5, 0.6) is 0 Å². The summed E-state index contributed by atoms with van der Waals surface area (Å²) in [6.07, 6.45) is 0. The highest BCUT2D eigenvalue weighted by Gasteiger charge is 1.95. The Bertz CT molecular complexity index is 111. The highest BCUT2D eigenvalue weighted by atomic mass is 35.5. The minimum atomic E-state index is -0.0988. The lowest BCUT2D eigenvalue weighted by Crippen LogP contribution is -1.99. The predicted octanol–water partition coefficient (Wildman–Crippen LogP) is 5.78. The summed E-state index contributed by atoms with van der Waals surface area (Å²) in [6, 6.07) is 0. The second kappa shape index (κ2) is 13.8. The third-order valence-electron chi connectivity index (χ3n) is 0.478. The molecule has 0 atom stereocenters. The van der Waals surface area contributed by atoms with Crippen molar-refractivity contribution in [1.29, 1.82) is 0 Å².